The van der Waals surface area contributed by atoms with Gasteiger partial charge in [-0.25, -0.2) is 0 Å². The summed E-state index contributed by atoms with van der Waals surface area (Å²) in [6.45, 7) is 7.84. The van der Waals surface area contributed by atoms with Gasteiger partial charge in [-0.2, -0.15) is 0 Å². The smallest absolute Gasteiger partial charge is 0.138 e. The molecule has 1 atom stereocenters. The van der Waals surface area contributed by atoms with Crippen LogP contribution in [0, 0.1) is 5.92 Å². The van der Waals surface area contributed by atoms with Gasteiger partial charge in [0.05, 0.1) is 17.7 Å². The number of aliphatic hydroxyl groups excluding tert-OH is 1. The van der Waals surface area contributed by atoms with E-state index in [4.69, 9.17) is 21.1 Å². The highest BCUT2D eigenvalue weighted by Gasteiger charge is 2.06. The maximum absolute atomic E-state index is 9.44. The molecule has 4 heteroatoms. The van der Waals surface area contributed by atoms with Crippen LogP contribution in [0.5, 0.6) is 5.75 Å². The normalized spacial score (nSPS) is 12.7. The van der Waals surface area contributed by atoms with Crippen molar-refractivity contribution in [3.8, 4) is 5.75 Å². The molecule has 0 radical (unpaired) electrons. The van der Waals surface area contributed by atoms with E-state index in [1.54, 1.807) is 19.1 Å². The Morgan fingerprint density at radius 1 is 1.16 bits per heavy atom. The number of hydrogen-bond donors (Lipinski definition) is 1. The average molecular weight is 287 g/mol. The molecule has 0 heterocycles. The molecule has 1 aromatic carbocycles. The number of rotatable bonds is 8. The third kappa shape index (κ3) is 6.28. The molecule has 0 bridgehead atoms. The van der Waals surface area contributed by atoms with Gasteiger partial charge in [0, 0.05) is 6.61 Å². The van der Waals surface area contributed by atoms with Crippen molar-refractivity contribution in [1.29, 1.82) is 0 Å². The standard InChI is InChI=1S/C15H23ClO3/c1-11(2)6-7-18-8-9-19-15-5-4-13(12(3)17)10-14(15)16/h4-5,10-12,17H,6-9H2,1-3H3/t12-/m0/s1. The summed E-state index contributed by atoms with van der Waals surface area (Å²) in [5, 5.41) is 9.95. The predicted octanol–water partition coefficient (Wildman–Crippen LogP) is 3.83. The maximum Gasteiger partial charge on any atom is 0.138 e. The van der Waals surface area contributed by atoms with E-state index in [2.05, 4.69) is 13.8 Å². The van der Waals surface area contributed by atoms with E-state index in [1.807, 2.05) is 6.07 Å². The molecule has 0 spiro atoms. The van der Waals surface area contributed by atoms with Gasteiger partial charge >= 0.3 is 0 Å². The lowest BCUT2D eigenvalue weighted by Crippen LogP contribution is -2.09. The first-order valence-electron chi connectivity index (χ1n) is 6.68. The Kier molecular flexibility index (Phi) is 7.21. The highest BCUT2D eigenvalue weighted by Crippen LogP contribution is 2.27. The average Bonchev–Trinajstić information content (AvgIpc) is 2.34. The van der Waals surface area contributed by atoms with Crippen LogP contribution in [0.3, 0.4) is 0 Å². The molecular weight excluding hydrogens is 264 g/mol. The van der Waals surface area contributed by atoms with Crippen molar-refractivity contribution in [2.24, 2.45) is 5.92 Å². The second-order valence-electron chi connectivity index (χ2n) is 5.01. The van der Waals surface area contributed by atoms with Gasteiger partial charge < -0.3 is 14.6 Å². The summed E-state index contributed by atoms with van der Waals surface area (Å²) in [6.07, 6.45) is 0.537. The monoisotopic (exact) mass is 286 g/mol. The predicted molar refractivity (Wildman–Crippen MR) is 77.9 cm³/mol. The van der Waals surface area contributed by atoms with Gasteiger partial charge in [-0.3, -0.25) is 0 Å². The van der Waals surface area contributed by atoms with Crippen molar-refractivity contribution in [3.63, 3.8) is 0 Å². The van der Waals surface area contributed by atoms with Crippen molar-refractivity contribution < 1.29 is 14.6 Å². The molecule has 0 fully saturated rings. The van der Waals surface area contributed by atoms with Crippen LogP contribution in [0.15, 0.2) is 18.2 Å². The lowest BCUT2D eigenvalue weighted by Gasteiger charge is -2.11. The molecule has 1 aromatic rings. The molecule has 0 amide bonds. The van der Waals surface area contributed by atoms with Crippen LogP contribution in [0.4, 0.5) is 0 Å². The first-order valence-corrected chi connectivity index (χ1v) is 7.06. The van der Waals surface area contributed by atoms with Crippen molar-refractivity contribution in [2.75, 3.05) is 19.8 Å². The molecule has 19 heavy (non-hydrogen) atoms. The van der Waals surface area contributed by atoms with E-state index in [0.717, 1.165) is 18.6 Å². The quantitative estimate of drug-likeness (QED) is 0.738. The Morgan fingerprint density at radius 2 is 1.89 bits per heavy atom. The van der Waals surface area contributed by atoms with Gasteiger partial charge in [0.1, 0.15) is 12.4 Å². The summed E-state index contributed by atoms with van der Waals surface area (Å²) >= 11 is 6.08. The lowest BCUT2D eigenvalue weighted by atomic mass is 10.1. The van der Waals surface area contributed by atoms with Gasteiger partial charge in [0.25, 0.3) is 0 Å². The summed E-state index contributed by atoms with van der Waals surface area (Å²) in [5.74, 6) is 1.28. The van der Waals surface area contributed by atoms with E-state index in [0.29, 0.717) is 29.9 Å². The molecule has 0 aliphatic heterocycles. The second kappa shape index (κ2) is 8.41. The minimum Gasteiger partial charge on any atom is -0.490 e. The van der Waals surface area contributed by atoms with Crippen LogP contribution in [0.2, 0.25) is 5.02 Å². The molecule has 0 saturated carbocycles. The SMILES string of the molecule is CC(C)CCOCCOc1ccc([C@H](C)O)cc1Cl. The zero-order valence-electron chi connectivity index (χ0n) is 11.9. The van der Waals surface area contributed by atoms with Gasteiger partial charge in [0.2, 0.25) is 0 Å². The van der Waals surface area contributed by atoms with Gasteiger partial charge in [-0.1, -0.05) is 31.5 Å². The van der Waals surface area contributed by atoms with Crippen LogP contribution in [0.25, 0.3) is 0 Å². The zero-order valence-corrected chi connectivity index (χ0v) is 12.6. The number of ether oxygens (including phenoxy) is 2. The summed E-state index contributed by atoms with van der Waals surface area (Å²) in [7, 11) is 0. The maximum atomic E-state index is 9.44. The third-order valence-electron chi connectivity index (χ3n) is 2.76. The summed E-state index contributed by atoms with van der Waals surface area (Å²) in [4.78, 5) is 0. The Morgan fingerprint density at radius 3 is 2.47 bits per heavy atom. The number of hydrogen-bond acceptors (Lipinski definition) is 3. The van der Waals surface area contributed by atoms with Crippen LogP contribution >= 0.6 is 11.6 Å². The molecular formula is C15H23ClO3. The van der Waals surface area contributed by atoms with Gasteiger partial charge in [0.15, 0.2) is 0 Å². The number of aliphatic hydroxyl groups is 1. The first-order chi connectivity index (χ1) is 9.00. The van der Waals surface area contributed by atoms with Crippen LogP contribution in [0.1, 0.15) is 38.9 Å². The van der Waals surface area contributed by atoms with E-state index < -0.39 is 6.10 Å². The summed E-state index contributed by atoms with van der Waals surface area (Å²) in [6, 6.07) is 5.31. The highest BCUT2D eigenvalue weighted by atomic mass is 35.5. The van der Waals surface area contributed by atoms with Crippen molar-refractivity contribution in [1.82, 2.24) is 0 Å². The van der Waals surface area contributed by atoms with Gasteiger partial charge in [-0.05, 0) is 37.0 Å². The van der Waals surface area contributed by atoms with E-state index >= 15 is 0 Å². The Labute approximate surface area is 120 Å². The van der Waals surface area contributed by atoms with E-state index in [9.17, 15) is 5.11 Å². The molecule has 1 rings (SSSR count). The minimum absolute atomic E-state index is 0.478. The summed E-state index contributed by atoms with van der Waals surface area (Å²) < 4.78 is 11.0. The topological polar surface area (TPSA) is 38.7 Å². The molecule has 1 N–H and O–H groups in total. The Balaban J connectivity index is 2.30. The highest BCUT2D eigenvalue weighted by molar-refractivity contribution is 6.32. The summed E-state index contributed by atoms with van der Waals surface area (Å²) in [5.41, 5.74) is 0.783. The van der Waals surface area contributed by atoms with Crippen LogP contribution in [-0.4, -0.2) is 24.9 Å². The molecule has 0 saturated heterocycles. The molecule has 0 aliphatic carbocycles. The van der Waals surface area contributed by atoms with Crippen molar-refractivity contribution >= 4 is 11.6 Å². The fourth-order valence-electron chi connectivity index (χ4n) is 1.53. The second-order valence-corrected chi connectivity index (χ2v) is 5.42. The largest absolute Gasteiger partial charge is 0.490 e. The first kappa shape index (κ1) is 16.3. The lowest BCUT2D eigenvalue weighted by molar-refractivity contribution is 0.0926. The number of halogens is 1. The fourth-order valence-corrected chi connectivity index (χ4v) is 1.77. The van der Waals surface area contributed by atoms with Gasteiger partial charge in [-0.15, -0.1) is 0 Å². The molecule has 0 aromatic heterocycles. The van der Waals surface area contributed by atoms with E-state index in [1.165, 1.54) is 0 Å². The van der Waals surface area contributed by atoms with Crippen LogP contribution in [-0.2, 0) is 4.74 Å². The molecule has 0 unspecified atom stereocenters. The fraction of sp³-hybridized carbons (Fsp3) is 0.600. The molecule has 108 valence electrons. The Hall–Kier alpha value is -0.770. The van der Waals surface area contributed by atoms with Crippen molar-refractivity contribution in [2.45, 2.75) is 33.3 Å². The van der Waals surface area contributed by atoms with Crippen LogP contribution < -0.4 is 4.74 Å². The molecule has 0 aliphatic rings. The minimum atomic E-state index is -0.522. The Bertz CT molecular complexity index is 378. The third-order valence-corrected chi connectivity index (χ3v) is 3.06. The number of benzene rings is 1. The van der Waals surface area contributed by atoms with E-state index in [-0.39, 0.29) is 0 Å². The van der Waals surface area contributed by atoms with Crippen molar-refractivity contribution in [3.05, 3.63) is 28.8 Å². The molecule has 3 nitrogen and oxygen atoms in total. The zero-order chi connectivity index (χ0) is 14.3.